The van der Waals surface area contributed by atoms with Crippen molar-refractivity contribution in [1.29, 1.82) is 0 Å². The highest BCUT2D eigenvalue weighted by atomic mass is 35.5. The first-order valence-electron chi connectivity index (χ1n) is 8.94. The second-order valence-corrected chi connectivity index (χ2v) is 7.52. The third-order valence-corrected chi connectivity index (χ3v) is 5.43. The van der Waals surface area contributed by atoms with Gasteiger partial charge in [-0.05, 0) is 30.3 Å². The summed E-state index contributed by atoms with van der Waals surface area (Å²) in [5, 5.41) is 9.38. The first-order valence-corrected chi connectivity index (χ1v) is 10.2. The number of rotatable bonds is 5. The number of aromatic nitrogens is 1. The zero-order chi connectivity index (χ0) is 21.1. The van der Waals surface area contributed by atoms with Crippen LogP contribution in [0.25, 0.3) is 11.3 Å². The number of benzene rings is 2. The van der Waals surface area contributed by atoms with Gasteiger partial charge in [0.25, 0.3) is 5.91 Å². The number of anilines is 1. The number of nitrogens with zero attached hydrogens (tertiary/aromatic N) is 3. The van der Waals surface area contributed by atoms with Gasteiger partial charge in [0.05, 0.1) is 29.2 Å². The van der Waals surface area contributed by atoms with Gasteiger partial charge in [-0.1, -0.05) is 23.7 Å². The highest BCUT2D eigenvalue weighted by Crippen LogP contribution is 2.33. The Balaban J connectivity index is 1.81. The summed E-state index contributed by atoms with van der Waals surface area (Å²) >= 11 is 7.50. The normalized spacial score (nSPS) is 13.8. The van der Waals surface area contributed by atoms with Gasteiger partial charge in [-0.2, -0.15) is 5.10 Å². The lowest BCUT2D eigenvalue weighted by atomic mass is 10.1. The van der Waals surface area contributed by atoms with Gasteiger partial charge in [0.1, 0.15) is 11.6 Å². The lowest BCUT2D eigenvalue weighted by Crippen LogP contribution is -2.25. The molecule has 1 aromatic heterocycles. The Kier molecular flexibility index (Phi) is 5.78. The number of hydrogen-bond donors (Lipinski definition) is 1. The first kappa shape index (κ1) is 20.1. The summed E-state index contributed by atoms with van der Waals surface area (Å²) in [4.78, 5) is 16.7. The molecule has 0 spiro atoms. The maximum atomic E-state index is 14.2. The van der Waals surface area contributed by atoms with E-state index < -0.39 is 5.82 Å². The van der Waals surface area contributed by atoms with Crippen LogP contribution in [0.4, 0.5) is 10.1 Å². The van der Waals surface area contributed by atoms with Gasteiger partial charge in [-0.25, -0.2) is 9.07 Å². The molecule has 0 radical (unpaired) electrons. The van der Waals surface area contributed by atoms with Gasteiger partial charge >= 0.3 is 0 Å². The van der Waals surface area contributed by atoms with Crippen LogP contribution in [0.2, 0.25) is 5.02 Å². The van der Waals surface area contributed by atoms with Crippen LogP contribution in [0.3, 0.4) is 0 Å². The van der Waals surface area contributed by atoms with Gasteiger partial charge in [-0.15, -0.1) is 17.9 Å². The summed E-state index contributed by atoms with van der Waals surface area (Å²) in [6, 6.07) is 9.89. The molecule has 0 atom stereocenters. The fraction of sp³-hybridized carbons (Fsp3) is 0.0952. The molecule has 152 valence electrons. The van der Waals surface area contributed by atoms with E-state index in [0.29, 0.717) is 28.5 Å². The van der Waals surface area contributed by atoms with Gasteiger partial charge < -0.3 is 10.1 Å². The number of fused-ring (bicyclic) bond motifs is 1. The van der Waals surface area contributed by atoms with E-state index in [0.717, 1.165) is 5.56 Å². The van der Waals surface area contributed by atoms with E-state index in [1.54, 1.807) is 29.0 Å². The van der Waals surface area contributed by atoms with Crippen LogP contribution in [0.5, 0.6) is 5.75 Å². The van der Waals surface area contributed by atoms with Crippen LogP contribution in [0.15, 0.2) is 64.5 Å². The third kappa shape index (κ3) is 4.05. The highest BCUT2D eigenvalue weighted by Gasteiger charge is 2.18. The maximum absolute atomic E-state index is 14.2. The van der Waals surface area contributed by atoms with Crippen LogP contribution in [0.1, 0.15) is 5.56 Å². The molecule has 0 fully saturated rings. The second kappa shape index (κ2) is 8.64. The molecular weight excluding hydrogens is 427 g/mol. The SMILES string of the molecule is C=CCN=c1scc(-c2ccc3c(c2)NC(=O)CO3)n1/N=C\c1c(F)cccc1Cl. The van der Waals surface area contributed by atoms with Crippen molar-refractivity contribution in [2.45, 2.75) is 0 Å². The number of ether oxygens (including phenoxy) is 1. The van der Waals surface area contributed by atoms with Crippen molar-refractivity contribution in [2.75, 3.05) is 18.5 Å². The molecule has 1 aliphatic rings. The Labute approximate surface area is 180 Å². The lowest BCUT2D eigenvalue weighted by Gasteiger charge is -2.18. The number of carbonyl (C=O) groups excluding carboxylic acids is 1. The summed E-state index contributed by atoms with van der Waals surface area (Å²) in [7, 11) is 0. The Bertz CT molecular complexity index is 1210. The van der Waals surface area contributed by atoms with E-state index in [2.05, 4.69) is 22.0 Å². The average molecular weight is 443 g/mol. The fourth-order valence-electron chi connectivity index (χ4n) is 2.85. The largest absolute Gasteiger partial charge is 0.482 e. The Morgan fingerprint density at radius 1 is 1.37 bits per heavy atom. The van der Waals surface area contributed by atoms with Crippen molar-refractivity contribution in [1.82, 2.24) is 4.68 Å². The van der Waals surface area contributed by atoms with Gasteiger partial charge in [0.2, 0.25) is 4.80 Å². The topological polar surface area (TPSA) is 68.0 Å². The van der Waals surface area contributed by atoms with E-state index >= 15 is 0 Å². The molecule has 6 nitrogen and oxygen atoms in total. The molecule has 1 aliphatic heterocycles. The number of amides is 1. The van der Waals surface area contributed by atoms with Crippen molar-refractivity contribution in [3.05, 3.63) is 75.6 Å². The standard InChI is InChI=1S/C21H16ClFN4O2S/c1-2-8-24-21-27(25-10-14-15(22)4-3-5-16(14)23)18(12-30-21)13-6-7-19-17(9-13)26-20(28)11-29-19/h2-7,9-10,12H,1,8,11H2,(H,26,28)/b24-21?,25-10-. The molecule has 4 rings (SSSR count). The summed E-state index contributed by atoms with van der Waals surface area (Å²) in [5.74, 6) is -0.0908. The predicted octanol–water partition coefficient (Wildman–Crippen LogP) is 4.31. The molecule has 1 amide bonds. The summed E-state index contributed by atoms with van der Waals surface area (Å²) in [6.07, 6.45) is 3.04. The molecule has 0 saturated heterocycles. The zero-order valence-electron chi connectivity index (χ0n) is 15.6. The Morgan fingerprint density at radius 2 is 2.23 bits per heavy atom. The lowest BCUT2D eigenvalue weighted by molar-refractivity contribution is -0.118. The summed E-state index contributed by atoms with van der Waals surface area (Å²) < 4.78 is 21.2. The summed E-state index contributed by atoms with van der Waals surface area (Å²) in [5.41, 5.74) is 2.26. The van der Waals surface area contributed by atoms with Crippen molar-refractivity contribution in [3.8, 4) is 17.0 Å². The van der Waals surface area contributed by atoms with Gasteiger partial charge in [0, 0.05) is 16.5 Å². The van der Waals surface area contributed by atoms with E-state index in [-0.39, 0.29) is 23.1 Å². The number of thiazole rings is 1. The van der Waals surface area contributed by atoms with Crippen LogP contribution in [-0.2, 0) is 4.79 Å². The van der Waals surface area contributed by atoms with Crippen molar-refractivity contribution in [2.24, 2.45) is 10.1 Å². The highest BCUT2D eigenvalue weighted by molar-refractivity contribution is 7.07. The molecule has 0 bridgehead atoms. The predicted molar refractivity (Wildman–Crippen MR) is 117 cm³/mol. The molecule has 0 saturated carbocycles. The van der Waals surface area contributed by atoms with Crippen molar-refractivity contribution in [3.63, 3.8) is 0 Å². The van der Waals surface area contributed by atoms with E-state index in [1.807, 2.05) is 11.4 Å². The quantitative estimate of drug-likeness (QED) is 0.472. The molecular formula is C21H16ClFN4O2S. The summed E-state index contributed by atoms with van der Waals surface area (Å²) in [6.45, 7) is 4.08. The zero-order valence-corrected chi connectivity index (χ0v) is 17.2. The first-order chi connectivity index (χ1) is 14.6. The molecule has 3 aromatic rings. The smallest absolute Gasteiger partial charge is 0.262 e. The third-order valence-electron chi connectivity index (χ3n) is 4.25. The Morgan fingerprint density at radius 3 is 3.03 bits per heavy atom. The minimum absolute atomic E-state index is 0.0108. The van der Waals surface area contributed by atoms with Crippen LogP contribution >= 0.6 is 22.9 Å². The average Bonchev–Trinajstić information content (AvgIpc) is 3.14. The molecule has 30 heavy (non-hydrogen) atoms. The molecule has 1 N–H and O–H groups in total. The monoisotopic (exact) mass is 442 g/mol. The minimum atomic E-state index is -0.471. The molecule has 2 aromatic carbocycles. The minimum Gasteiger partial charge on any atom is -0.482 e. The van der Waals surface area contributed by atoms with Crippen molar-refractivity contribution >= 4 is 40.7 Å². The number of nitrogens with one attached hydrogen (secondary N) is 1. The fourth-order valence-corrected chi connectivity index (χ4v) is 3.91. The van der Waals surface area contributed by atoms with Crippen LogP contribution in [0, 0.1) is 5.82 Å². The van der Waals surface area contributed by atoms with Crippen LogP contribution in [-0.4, -0.2) is 29.9 Å². The molecule has 9 heteroatoms. The van der Waals surface area contributed by atoms with E-state index in [4.69, 9.17) is 16.3 Å². The molecule has 0 unspecified atom stereocenters. The van der Waals surface area contributed by atoms with Gasteiger partial charge in [0.15, 0.2) is 6.61 Å². The Hall–Kier alpha value is -3.23. The molecule has 0 aliphatic carbocycles. The number of hydrogen-bond acceptors (Lipinski definition) is 5. The van der Waals surface area contributed by atoms with Crippen LogP contribution < -0.4 is 14.9 Å². The second-order valence-electron chi connectivity index (χ2n) is 6.27. The van der Waals surface area contributed by atoms with E-state index in [1.165, 1.54) is 29.7 Å². The van der Waals surface area contributed by atoms with E-state index in [9.17, 15) is 9.18 Å². The molecule has 2 heterocycles. The number of halogens is 2. The van der Waals surface area contributed by atoms with Gasteiger partial charge in [-0.3, -0.25) is 9.79 Å². The van der Waals surface area contributed by atoms with Crippen molar-refractivity contribution < 1.29 is 13.9 Å². The number of carbonyl (C=O) groups is 1. The maximum Gasteiger partial charge on any atom is 0.262 e.